The molecule has 0 amide bonds. The number of aromatic nitrogens is 2. The maximum Gasteiger partial charge on any atom is 0.243 e. The van der Waals surface area contributed by atoms with Gasteiger partial charge in [-0.1, -0.05) is 32.9 Å². The van der Waals surface area contributed by atoms with Crippen molar-refractivity contribution in [1.82, 2.24) is 14.3 Å². The maximum absolute atomic E-state index is 13.2. The van der Waals surface area contributed by atoms with Gasteiger partial charge in [-0.05, 0) is 47.4 Å². The summed E-state index contributed by atoms with van der Waals surface area (Å²) in [5.74, 6) is 0.430. The molecule has 8 heteroatoms. The van der Waals surface area contributed by atoms with Crippen molar-refractivity contribution in [1.29, 1.82) is 0 Å². The van der Waals surface area contributed by atoms with Gasteiger partial charge in [0, 0.05) is 37.8 Å². The van der Waals surface area contributed by atoms with E-state index in [1.807, 2.05) is 23.1 Å². The minimum absolute atomic E-state index is 0.0295. The first-order valence-electron chi connectivity index (χ1n) is 10.6. The second-order valence-corrected chi connectivity index (χ2v) is 10.9. The monoisotopic (exact) mass is 454 g/mol. The van der Waals surface area contributed by atoms with Gasteiger partial charge in [-0.15, -0.1) is 0 Å². The molecular weight excluding hydrogens is 427 g/mol. The van der Waals surface area contributed by atoms with Crippen LogP contribution in [-0.4, -0.2) is 48.9 Å². The van der Waals surface area contributed by atoms with Crippen LogP contribution in [0.3, 0.4) is 0 Å². The summed E-state index contributed by atoms with van der Waals surface area (Å²) >= 11 is 0. The van der Waals surface area contributed by atoms with Crippen molar-refractivity contribution in [3.63, 3.8) is 0 Å². The van der Waals surface area contributed by atoms with Crippen LogP contribution in [0.15, 0.2) is 65.8 Å². The van der Waals surface area contributed by atoms with E-state index in [-0.39, 0.29) is 11.2 Å². The third-order valence-electron chi connectivity index (χ3n) is 5.71. The first-order valence-corrected chi connectivity index (χ1v) is 12.0. The van der Waals surface area contributed by atoms with Gasteiger partial charge in [-0.3, -0.25) is 0 Å². The Hall–Kier alpha value is -2.84. The molecule has 0 atom stereocenters. The quantitative estimate of drug-likeness (QED) is 0.594. The van der Waals surface area contributed by atoms with Crippen LogP contribution in [0.2, 0.25) is 0 Å². The average Bonchev–Trinajstić information content (AvgIpc) is 2.79. The van der Waals surface area contributed by atoms with Crippen LogP contribution in [0.4, 0.5) is 10.2 Å². The summed E-state index contributed by atoms with van der Waals surface area (Å²) in [4.78, 5) is 11.0. The predicted octanol–water partition coefficient (Wildman–Crippen LogP) is 4.09. The molecule has 0 unspecified atom stereocenters. The molecule has 32 heavy (non-hydrogen) atoms. The number of piperazine rings is 1. The summed E-state index contributed by atoms with van der Waals surface area (Å²) < 4.78 is 40.9. The molecule has 0 saturated carbocycles. The van der Waals surface area contributed by atoms with Crippen molar-refractivity contribution in [2.24, 2.45) is 0 Å². The second-order valence-electron chi connectivity index (χ2n) is 8.93. The third kappa shape index (κ3) is 4.66. The highest BCUT2D eigenvalue weighted by molar-refractivity contribution is 7.89. The first-order chi connectivity index (χ1) is 15.1. The van der Waals surface area contributed by atoms with Crippen LogP contribution in [0.1, 0.15) is 26.3 Å². The van der Waals surface area contributed by atoms with Crippen LogP contribution < -0.4 is 4.90 Å². The number of anilines is 1. The van der Waals surface area contributed by atoms with E-state index < -0.39 is 10.0 Å². The van der Waals surface area contributed by atoms with E-state index in [0.717, 1.165) is 16.9 Å². The summed E-state index contributed by atoms with van der Waals surface area (Å²) in [6, 6.07) is 15.2. The zero-order chi connectivity index (χ0) is 22.9. The fourth-order valence-electron chi connectivity index (χ4n) is 3.73. The van der Waals surface area contributed by atoms with Crippen molar-refractivity contribution < 1.29 is 12.8 Å². The average molecular weight is 455 g/mol. The predicted molar refractivity (Wildman–Crippen MR) is 124 cm³/mol. The zero-order valence-corrected chi connectivity index (χ0v) is 19.3. The van der Waals surface area contributed by atoms with E-state index in [9.17, 15) is 12.8 Å². The van der Waals surface area contributed by atoms with Crippen LogP contribution >= 0.6 is 0 Å². The fourth-order valence-corrected chi connectivity index (χ4v) is 5.15. The fraction of sp³-hybridized carbons (Fsp3) is 0.333. The molecule has 0 aliphatic carbocycles. The van der Waals surface area contributed by atoms with Crippen molar-refractivity contribution in [2.45, 2.75) is 31.1 Å². The van der Waals surface area contributed by atoms with Gasteiger partial charge in [0.05, 0.1) is 10.6 Å². The zero-order valence-electron chi connectivity index (χ0n) is 18.5. The van der Waals surface area contributed by atoms with Crippen LogP contribution in [0, 0.1) is 5.82 Å². The first kappa shape index (κ1) is 22.4. The van der Waals surface area contributed by atoms with Crippen molar-refractivity contribution in [3.8, 4) is 11.3 Å². The Morgan fingerprint density at radius 2 is 1.50 bits per heavy atom. The molecule has 3 aromatic rings. The molecular formula is C24H27FN4O2S. The topological polar surface area (TPSA) is 66.4 Å². The van der Waals surface area contributed by atoms with E-state index >= 15 is 0 Å². The number of nitrogens with zero attached hydrogens (tertiary/aromatic N) is 4. The Labute approximate surface area is 188 Å². The van der Waals surface area contributed by atoms with Gasteiger partial charge < -0.3 is 4.90 Å². The second kappa shape index (κ2) is 8.60. The molecule has 1 saturated heterocycles. The Kier molecular flexibility index (Phi) is 6.01. The van der Waals surface area contributed by atoms with Crippen molar-refractivity contribution >= 4 is 15.8 Å². The number of hydrogen-bond donors (Lipinski definition) is 0. The Morgan fingerprint density at radius 3 is 2.09 bits per heavy atom. The van der Waals surface area contributed by atoms with Crippen molar-refractivity contribution in [3.05, 3.63) is 72.3 Å². The molecule has 1 aromatic heterocycles. The lowest BCUT2D eigenvalue weighted by molar-refractivity contribution is 0.383. The highest BCUT2D eigenvalue weighted by atomic mass is 32.2. The van der Waals surface area contributed by atoms with Crippen LogP contribution in [-0.2, 0) is 15.4 Å². The number of benzene rings is 2. The smallest absolute Gasteiger partial charge is 0.243 e. The van der Waals surface area contributed by atoms with E-state index in [2.05, 4.69) is 30.7 Å². The summed E-state index contributed by atoms with van der Waals surface area (Å²) in [6.07, 6.45) is 1.48. The van der Waals surface area contributed by atoms with Crippen molar-refractivity contribution in [2.75, 3.05) is 31.1 Å². The van der Waals surface area contributed by atoms with Gasteiger partial charge in [0.2, 0.25) is 10.0 Å². The third-order valence-corrected chi connectivity index (χ3v) is 7.63. The van der Waals surface area contributed by atoms with Crippen LogP contribution in [0.5, 0.6) is 0 Å². The van der Waals surface area contributed by atoms with Gasteiger partial charge in [-0.25, -0.2) is 22.8 Å². The SMILES string of the molecule is CC(C)(C)c1ccc(S(=O)(=O)N2CCN(c3cc(-c4ccc(F)cc4)ncn3)CC2)cc1. The standard InChI is InChI=1S/C24H27FN4O2S/c1-24(2,3)19-6-10-21(11-7-19)32(30,31)29-14-12-28(13-15-29)23-16-22(26-17-27-23)18-4-8-20(25)9-5-18/h4-11,16-17H,12-15H2,1-3H3. The van der Waals surface area contributed by atoms with Gasteiger partial charge in [0.15, 0.2) is 0 Å². The van der Waals surface area contributed by atoms with Gasteiger partial charge in [0.1, 0.15) is 18.0 Å². The Morgan fingerprint density at radius 1 is 0.875 bits per heavy atom. The molecule has 1 aliphatic heterocycles. The number of rotatable bonds is 4. The van der Waals surface area contributed by atoms with E-state index in [0.29, 0.717) is 36.8 Å². The molecule has 6 nitrogen and oxygen atoms in total. The molecule has 1 aliphatic rings. The molecule has 2 heterocycles. The molecule has 0 radical (unpaired) electrons. The molecule has 0 bridgehead atoms. The van der Waals surface area contributed by atoms with Gasteiger partial charge in [0.25, 0.3) is 0 Å². The molecule has 0 N–H and O–H groups in total. The number of hydrogen-bond acceptors (Lipinski definition) is 5. The minimum Gasteiger partial charge on any atom is -0.354 e. The summed E-state index contributed by atoms with van der Waals surface area (Å²) in [5, 5.41) is 0. The summed E-state index contributed by atoms with van der Waals surface area (Å²) in [6.45, 7) is 8.11. The van der Waals surface area contributed by atoms with Gasteiger partial charge >= 0.3 is 0 Å². The molecule has 4 rings (SSSR count). The summed E-state index contributed by atoms with van der Waals surface area (Å²) in [5.41, 5.74) is 2.57. The summed E-state index contributed by atoms with van der Waals surface area (Å²) in [7, 11) is -3.55. The lowest BCUT2D eigenvalue weighted by Gasteiger charge is -2.34. The van der Waals surface area contributed by atoms with E-state index in [1.165, 1.54) is 22.8 Å². The number of sulfonamides is 1. The van der Waals surface area contributed by atoms with E-state index in [4.69, 9.17) is 0 Å². The minimum atomic E-state index is -3.55. The van der Waals surface area contributed by atoms with Crippen LogP contribution in [0.25, 0.3) is 11.3 Å². The highest BCUT2D eigenvalue weighted by Gasteiger charge is 2.29. The molecule has 168 valence electrons. The normalized spacial score (nSPS) is 15.7. The highest BCUT2D eigenvalue weighted by Crippen LogP contribution is 2.26. The Bertz CT molecular complexity index is 1180. The molecule has 1 fully saturated rings. The molecule has 0 spiro atoms. The lowest BCUT2D eigenvalue weighted by atomic mass is 9.87. The maximum atomic E-state index is 13.2. The largest absolute Gasteiger partial charge is 0.354 e. The lowest BCUT2D eigenvalue weighted by Crippen LogP contribution is -2.48. The van der Waals surface area contributed by atoms with Gasteiger partial charge in [-0.2, -0.15) is 4.31 Å². The number of halogens is 1. The Balaban J connectivity index is 1.46. The van der Waals surface area contributed by atoms with E-state index in [1.54, 1.807) is 24.3 Å². The molecule has 2 aromatic carbocycles.